The number of hydrogen-bond donors (Lipinski definition) is 1. The molecule has 0 aliphatic carbocycles. The molecular formula is C15H14F3N3O3. The molecule has 1 aromatic carbocycles. The number of halogens is 3. The summed E-state index contributed by atoms with van der Waals surface area (Å²) in [6, 6.07) is 6.07. The molecule has 24 heavy (non-hydrogen) atoms. The lowest BCUT2D eigenvalue weighted by molar-refractivity contribution is -0.274. The molecule has 0 bridgehead atoms. The lowest BCUT2D eigenvalue weighted by atomic mass is 10.1. The second-order valence-electron chi connectivity index (χ2n) is 4.69. The molecule has 1 N–H and O–H groups in total. The number of methoxy groups -OCH3 is 1. The van der Waals surface area contributed by atoms with E-state index in [1.807, 2.05) is 0 Å². The minimum absolute atomic E-state index is 0.135. The summed E-state index contributed by atoms with van der Waals surface area (Å²) in [5.41, 5.74) is 0.733. The Bertz CT molecular complexity index is 663. The highest BCUT2D eigenvalue weighted by atomic mass is 19.4. The van der Waals surface area contributed by atoms with Crippen molar-refractivity contribution in [3.8, 4) is 5.75 Å². The van der Waals surface area contributed by atoms with Crippen molar-refractivity contribution >= 4 is 5.91 Å². The molecule has 0 aliphatic rings. The van der Waals surface area contributed by atoms with Gasteiger partial charge in [-0.05, 0) is 23.8 Å². The van der Waals surface area contributed by atoms with Gasteiger partial charge in [-0.25, -0.2) is 9.97 Å². The van der Waals surface area contributed by atoms with Crippen LogP contribution < -0.4 is 10.1 Å². The van der Waals surface area contributed by atoms with Crippen LogP contribution in [0.1, 0.15) is 22.1 Å². The number of benzene rings is 1. The number of nitrogens with one attached hydrogen (secondary N) is 1. The molecule has 1 heterocycles. The van der Waals surface area contributed by atoms with Gasteiger partial charge >= 0.3 is 6.36 Å². The van der Waals surface area contributed by atoms with Crippen molar-refractivity contribution in [3.05, 3.63) is 54.1 Å². The summed E-state index contributed by atoms with van der Waals surface area (Å²) in [5.74, 6) is -0.792. The molecule has 2 aromatic rings. The van der Waals surface area contributed by atoms with Gasteiger partial charge in [-0.2, -0.15) is 0 Å². The summed E-state index contributed by atoms with van der Waals surface area (Å²) in [6.45, 7) is 0.135. The van der Waals surface area contributed by atoms with Crippen LogP contribution in [0.4, 0.5) is 13.2 Å². The average Bonchev–Trinajstić information content (AvgIpc) is 2.54. The van der Waals surface area contributed by atoms with E-state index in [4.69, 9.17) is 4.74 Å². The number of alkyl halides is 3. The molecule has 0 saturated carbocycles. The van der Waals surface area contributed by atoms with E-state index in [2.05, 4.69) is 20.0 Å². The van der Waals surface area contributed by atoms with E-state index < -0.39 is 18.3 Å². The number of ether oxygens (including phenoxy) is 2. The van der Waals surface area contributed by atoms with Crippen molar-refractivity contribution in [2.24, 2.45) is 0 Å². The number of amides is 1. The van der Waals surface area contributed by atoms with Crippen molar-refractivity contribution in [2.75, 3.05) is 13.7 Å². The summed E-state index contributed by atoms with van der Waals surface area (Å²) in [5, 5.41) is 2.70. The van der Waals surface area contributed by atoms with Crippen molar-refractivity contribution in [1.29, 1.82) is 0 Å². The molecule has 0 saturated heterocycles. The molecule has 1 atom stereocenters. The van der Waals surface area contributed by atoms with Gasteiger partial charge in [-0.1, -0.05) is 12.1 Å². The highest BCUT2D eigenvalue weighted by molar-refractivity contribution is 5.92. The molecule has 6 nitrogen and oxygen atoms in total. The number of carbonyl (C=O) groups is 1. The first kappa shape index (κ1) is 17.7. The van der Waals surface area contributed by atoms with E-state index in [0.717, 1.165) is 0 Å². The summed E-state index contributed by atoms with van der Waals surface area (Å²) in [7, 11) is 1.45. The average molecular weight is 341 g/mol. The Labute approximate surface area is 135 Å². The van der Waals surface area contributed by atoms with Crippen LogP contribution in [0.3, 0.4) is 0 Å². The summed E-state index contributed by atoms with van der Waals surface area (Å²) in [4.78, 5) is 19.7. The second-order valence-corrected chi connectivity index (χ2v) is 4.69. The third kappa shape index (κ3) is 5.20. The lowest BCUT2D eigenvalue weighted by Crippen LogP contribution is -2.31. The van der Waals surface area contributed by atoms with Gasteiger partial charge in [0.25, 0.3) is 5.91 Å². The van der Waals surface area contributed by atoms with Gasteiger partial charge in [0.05, 0.1) is 12.6 Å². The molecule has 2 rings (SSSR count). The van der Waals surface area contributed by atoms with Crippen molar-refractivity contribution in [2.45, 2.75) is 12.4 Å². The number of rotatable bonds is 6. The van der Waals surface area contributed by atoms with Crippen LogP contribution in [-0.4, -0.2) is 36.0 Å². The lowest BCUT2D eigenvalue weighted by Gasteiger charge is -2.18. The van der Waals surface area contributed by atoms with Crippen LogP contribution in [0.15, 0.2) is 42.9 Å². The fourth-order valence-corrected chi connectivity index (χ4v) is 1.95. The Morgan fingerprint density at radius 2 is 1.96 bits per heavy atom. The smallest absolute Gasteiger partial charge is 0.406 e. The van der Waals surface area contributed by atoms with Crippen LogP contribution >= 0.6 is 0 Å². The Balaban J connectivity index is 2.11. The molecule has 128 valence electrons. The fourth-order valence-electron chi connectivity index (χ4n) is 1.95. The summed E-state index contributed by atoms with van der Waals surface area (Å²) in [6.07, 6.45) is -2.09. The molecule has 0 aliphatic heterocycles. The molecule has 1 amide bonds. The number of hydrogen-bond acceptors (Lipinski definition) is 5. The molecule has 0 unspecified atom stereocenters. The van der Waals surface area contributed by atoms with E-state index in [1.165, 1.54) is 50.0 Å². The van der Waals surface area contributed by atoms with Gasteiger partial charge in [0.15, 0.2) is 0 Å². The van der Waals surface area contributed by atoms with E-state index in [1.54, 1.807) is 0 Å². The summed E-state index contributed by atoms with van der Waals surface area (Å²) >= 11 is 0. The third-order valence-corrected chi connectivity index (χ3v) is 2.97. The molecule has 0 fully saturated rings. The molecule has 0 radical (unpaired) electrons. The van der Waals surface area contributed by atoms with Gasteiger partial charge in [0.2, 0.25) is 0 Å². The molecule has 1 aromatic heterocycles. The van der Waals surface area contributed by atoms with E-state index in [9.17, 15) is 18.0 Å². The fraction of sp³-hybridized carbons (Fsp3) is 0.267. The van der Waals surface area contributed by atoms with Crippen LogP contribution in [-0.2, 0) is 4.74 Å². The topological polar surface area (TPSA) is 73.3 Å². The summed E-state index contributed by atoms with van der Waals surface area (Å²) < 4.78 is 45.4. The van der Waals surface area contributed by atoms with E-state index in [-0.39, 0.29) is 18.1 Å². The minimum atomic E-state index is -4.76. The predicted octanol–water partition coefficient (Wildman–Crippen LogP) is 2.49. The quantitative estimate of drug-likeness (QED) is 0.874. The van der Waals surface area contributed by atoms with E-state index >= 15 is 0 Å². The zero-order valence-corrected chi connectivity index (χ0v) is 12.6. The third-order valence-electron chi connectivity index (χ3n) is 2.97. The van der Waals surface area contributed by atoms with Crippen molar-refractivity contribution < 1.29 is 27.4 Å². The van der Waals surface area contributed by atoms with Crippen molar-refractivity contribution in [3.63, 3.8) is 0 Å². The number of carbonyl (C=O) groups excluding carboxylic acids is 1. The van der Waals surface area contributed by atoms with Gasteiger partial charge in [-0.15, -0.1) is 13.2 Å². The van der Waals surface area contributed by atoms with Gasteiger partial charge in [-0.3, -0.25) is 4.79 Å². The van der Waals surface area contributed by atoms with Gasteiger partial charge in [0.1, 0.15) is 17.8 Å². The Kier molecular flexibility index (Phi) is 5.69. The molecule has 9 heteroatoms. The van der Waals surface area contributed by atoms with Gasteiger partial charge in [0, 0.05) is 13.3 Å². The maximum atomic E-state index is 12.2. The van der Waals surface area contributed by atoms with Crippen LogP contribution in [0.2, 0.25) is 0 Å². The monoisotopic (exact) mass is 341 g/mol. The largest absolute Gasteiger partial charge is 0.573 e. The number of nitrogens with zero attached hydrogens (tertiary/aromatic N) is 2. The zero-order chi connectivity index (χ0) is 17.6. The first-order chi connectivity index (χ1) is 11.4. The van der Waals surface area contributed by atoms with Crippen LogP contribution in [0.25, 0.3) is 0 Å². The molecule has 0 spiro atoms. The maximum absolute atomic E-state index is 12.2. The number of aromatic nitrogens is 2. The first-order valence-corrected chi connectivity index (χ1v) is 6.80. The Morgan fingerprint density at radius 3 is 2.50 bits per heavy atom. The normalized spacial score (nSPS) is 12.5. The predicted molar refractivity (Wildman–Crippen MR) is 77.2 cm³/mol. The Hall–Kier alpha value is -2.68. The zero-order valence-electron chi connectivity index (χ0n) is 12.6. The van der Waals surface area contributed by atoms with Crippen LogP contribution in [0.5, 0.6) is 5.75 Å². The van der Waals surface area contributed by atoms with E-state index in [0.29, 0.717) is 5.56 Å². The second kappa shape index (κ2) is 7.73. The first-order valence-electron chi connectivity index (χ1n) is 6.80. The minimum Gasteiger partial charge on any atom is -0.406 e. The highest BCUT2D eigenvalue weighted by Crippen LogP contribution is 2.24. The maximum Gasteiger partial charge on any atom is 0.573 e. The SMILES string of the molecule is COC[C@H](NC(=O)c1ccncn1)c1ccc(OC(F)(F)F)cc1. The highest BCUT2D eigenvalue weighted by Gasteiger charge is 2.31. The van der Waals surface area contributed by atoms with Crippen LogP contribution in [0, 0.1) is 0 Å². The standard InChI is InChI=1S/C15H14F3N3O3/c1-23-8-13(21-14(22)12-6-7-19-9-20-12)10-2-4-11(5-3-10)24-15(16,17)18/h2-7,9,13H,8H2,1H3,(H,21,22)/t13-/m0/s1. The van der Waals surface area contributed by atoms with Crippen molar-refractivity contribution in [1.82, 2.24) is 15.3 Å². The molecular weight excluding hydrogens is 327 g/mol. The Morgan fingerprint density at radius 1 is 1.25 bits per heavy atom. The van der Waals surface area contributed by atoms with Gasteiger partial charge < -0.3 is 14.8 Å².